The van der Waals surface area contributed by atoms with Gasteiger partial charge in [0.05, 0.1) is 19.8 Å². The average Bonchev–Trinajstić information content (AvgIpc) is 2.59. The monoisotopic (exact) mass is 304 g/mol. The second-order valence-electron chi connectivity index (χ2n) is 6.59. The molecule has 0 saturated carbocycles. The third kappa shape index (κ3) is 5.64. The molecule has 0 aliphatic carbocycles. The Morgan fingerprint density at radius 2 is 1.73 bits per heavy atom. The molecule has 1 aromatic rings. The Morgan fingerprint density at radius 1 is 1.00 bits per heavy atom. The minimum Gasteiger partial charge on any atom is -0.497 e. The van der Waals surface area contributed by atoms with Crippen molar-refractivity contribution in [1.29, 1.82) is 0 Å². The van der Waals surface area contributed by atoms with Crippen LogP contribution in [-0.2, 0) is 4.74 Å². The Morgan fingerprint density at radius 3 is 2.36 bits per heavy atom. The molecule has 1 saturated heterocycles. The second kappa shape index (κ2) is 9.89. The lowest BCUT2D eigenvalue weighted by molar-refractivity contribution is -0.0199. The lowest BCUT2D eigenvalue weighted by Crippen LogP contribution is -2.20. The van der Waals surface area contributed by atoms with Crippen molar-refractivity contribution >= 4 is 0 Å². The molecule has 1 aromatic carbocycles. The maximum Gasteiger partial charge on any atom is 0.118 e. The van der Waals surface area contributed by atoms with E-state index < -0.39 is 0 Å². The molecule has 0 bridgehead atoms. The van der Waals surface area contributed by atoms with Gasteiger partial charge in [0.25, 0.3) is 0 Å². The summed E-state index contributed by atoms with van der Waals surface area (Å²) in [6.45, 7) is 3.21. The molecule has 0 radical (unpaired) electrons. The Labute approximate surface area is 136 Å². The van der Waals surface area contributed by atoms with Crippen molar-refractivity contribution < 1.29 is 9.47 Å². The molecule has 1 aliphatic rings. The van der Waals surface area contributed by atoms with E-state index in [4.69, 9.17) is 9.47 Å². The SMILES string of the molecule is CCCCCCCCC1CCC(c2ccc(OC)cc2)OC1. The van der Waals surface area contributed by atoms with Gasteiger partial charge in [0.2, 0.25) is 0 Å². The first-order chi connectivity index (χ1) is 10.8. The topological polar surface area (TPSA) is 18.5 Å². The van der Waals surface area contributed by atoms with Crippen molar-refractivity contribution in [3.05, 3.63) is 29.8 Å². The van der Waals surface area contributed by atoms with Crippen LogP contribution in [0.2, 0.25) is 0 Å². The highest BCUT2D eigenvalue weighted by Gasteiger charge is 2.22. The summed E-state index contributed by atoms with van der Waals surface area (Å²) in [5, 5.41) is 0. The Hall–Kier alpha value is -1.02. The number of unbranched alkanes of at least 4 members (excludes halogenated alkanes) is 5. The van der Waals surface area contributed by atoms with Crippen LogP contribution in [0, 0.1) is 5.92 Å². The zero-order chi connectivity index (χ0) is 15.6. The smallest absolute Gasteiger partial charge is 0.118 e. The van der Waals surface area contributed by atoms with Gasteiger partial charge in [-0.25, -0.2) is 0 Å². The molecule has 1 fully saturated rings. The van der Waals surface area contributed by atoms with Gasteiger partial charge in [-0.15, -0.1) is 0 Å². The fraction of sp³-hybridized carbons (Fsp3) is 0.700. The summed E-state index contributed by atoms with van der Waals surface area (Å²) < 4.78 is 11.3. The first-order valence-corrected chi connectivity index (χ1v) is 9.09. The van der Waals surface area contributed by atoms with Gasteiger partial charge in [0, 0.05) is 0 Å². The third-order valence-electron chi connectivity index (χ3n) is 4.82. The molecule has 2 unspecified atom stereocenters. The number of ether oxygens (including phenoxy) is 2. The predicted molar refractivity (Wildman–Crippen MR) is 92.4 cm³/mol. The van der Waals surface area contributed by atoms with Crippen molar-refractivity contribution in [3.63, 3.8) is 0 Å². The van der Waals surface area contributed by atoms with Crippen LogP contribution in [0.5, 0.6) is 5.75 Å². The summed E-state index contributed by atoms with van der Waals surface area (Å²) in [5.74, 6) is 1.70. The Kier molecular flexibility index (Phi) is 7.79. The first kappa shape index (κ1) is 17.3. The fourth-order valence-electron chi connectivity index (χ4n) is 3.33. The van der Waals surface area contributed by atoms with E-state index >= 15 is 0 Å². The zero-order valence-electron chi connectivity index (χ0n) is 14.4. The highest BCUT2D eigenvalue weighted by molar-refractivity contribution is 5.28. The third-order valence-corrected chi connectivity index (χ3v) is 4.82. The van der Waals surface area contributed by atoms with Crippen LogP contribution in [0.25, 0.3) is 0 Å². The van der Waals surface area contributed by atoms with Gasteiger partial charge in [-0.1, -0.05) is 57.6 Å². The van der Waals surface area contributed by atoms with Crippen LogP contribution in [0.3, 0.4) is 0 Å². The van der Waals surface area contributed by atoms with E-state index in [1.165, 1.54) is 56.9 Å². The van der Waals surface area contributed by atoms with Crippen molar-refractivity contribution in [2.24, 2.45) is 5.92 Å². The molecule has 1 heterocycles. The van der Waals surface area contributed by atoms with Gasteiger partial charge in [-0.05, 0) is 42.9 Å². The zero-order valence-corrected chi connectivity index (χ0v) is 14.4. The second-order valence-corrected chi connectivity index (χ2v) is 6.59. The Bertz CT molecular complexity index is 391. The predicted octanol–water partition coefficient (Wildman–Crippen LogP) is 5.91. The molecule has 124 valence electrons. The maximum atomic E-state index is 6.10. The minimum atomic E-state index is 0.284. The van der Waals surface area contributed by atoms with Crippen LogP contribution in [-0.4, -0.2) is 13.7 Å². The van der Waals surface area contributed by atoms with Crippen LogP contribution in [0.4, 0.5) is 0 Å². The lowest BCUT2D eigenvalue weighted by Gasteiger charge is -2.29. The molecule has 2 rings (SSSR count). The van der Waals surface area contributed by atoms with E-state index in [0.717, 1.165) is 24.7 Å². The van der Waals surface area contributed by atoms with Crippen molar-refractivity contribution in [3.8, 4) is 5.75 Å². The molecular weight excluding hydrogens is 272 g/mol. The molecule has 0 N–H and O–H groups in total. The maximum absolute atomic E-state index is 6.10. The van der Waals surface area contributed by atoms with Crippen molar-refractivity contribution in [2.45, 2.75) is 70.8 Å². The molecule has 1 aliphatic heterocycles. The van der Waals surface area contributed by atoms with Gasteiger partial charge in [-0.3, -0.25) is 0 Å². The molecule has 0 amide bonds. The number of rotatable bonds is 9. The van der Waals surface area contributed by atoms with E-state index in [9.17, 15) is 0 Å². The van der Waals surface area contributed by atoms with E-state index in [1.54, 1.807) is 7.11 Å². The number of benzene rings is 1. The number of hydrogen-bond acceptors (Lipinski definition) is 2. The largest absolute Gasteiger partial charge is 0.497 e. The van der Waals surface area contributed by atoms with E-state index in [0.29, 0.717) is 0 Å². The van der Waals surface area contributed by atoms with Gasteiger partial charge >= 0.3 is 0 Å². The first-order valence-electron chi connectivity index (χ1n) is 9.09. The summed E-state index contributed by atoms with van der Waals surface area (Å²) in [6.07, 6.45) is 12.4. The molecular formula is C20H32O2. The molecule has 0 aromatic heterocycles. The van der Waals surface area contributed by atoms with Gasteiger partial charge < -0.3 is 9.47 Å². The summed E-state index contributed by atoms with van der Waals surface area (Å²) in [7, 11) is 1.71. The highest BCUT2D eigenvalue weighted by atomic mass is 16.5. The molecule has 0 spiro atoms. The summed E-state index contributed by atoms with van der Waals surface area (Å²) >= 11 is 0. The van der Waals surface area contributed by atoms with Crippen LogP contribution >= 0.6 is 0 Å². The Balaban J connectivity index is 1.62. The fourth-order valence-corrected chi connectivity index (χ4v) is 3.33. The lowest BCUT2D eigenvalue weighted by atomic mass is 9.91. The van der Waals surface area contributed by atoms with Gasteiger partial charge in [0.1, 0.15) is 5.75 Å². The average molecular weight is 304 g/mol. The number of hydrogen-bond donors (Lipinski definition) is 0. The van der Waals surface area contributed by atoms with E-state index in [1.807, 2.05) is 12.1 Å². The highest BCUT2D eigenvalue weighted by Crippen LogP contribution is 2.33. The van der Waals surface area contributed by atoms with Crippen molar-refractivity contribution in [2.75, 3.05) is 13.7 Å². The van der Waals surface area contributed by atoms with Crippen LogP contribution in [0.1, 0.15) is 76.4 Å². The van der Waals surface area contributed by atoms with Gasteiger partial charge in [0.15, 0.2) is 0 Å². The van der Waals surface area contributed by atoms with Crippen LogP contribution < -0.4 is 4.74 Å². The van der Waals surface area contributed by atoms with Crippen LogP contribution in [0.15, 0.2) is 24.3 Å². The summed E-state index contributed by atoms with van der Waals surface area (Å²) in [5.41, 5.74) is 1.29. The molecule has 22 heavy (non-hydrogen) atoms. The van der Waals surface area contributed by atoms with Crippen molar-refractivity contribution in [1.82, 2.24) is 0 Å². The van der Waals surface area contributed by atoms with Gasteiger partial charge in [-0.2, -0.15) is 0 Å². The minimum absolute atomic E-state index is 0.284. The van der Waals surface area contributed by atoms with E-state index in [2.05, 4.69) is 19.1 Å². The standard InChI is InChI=1S/C20H32O2/c1-3-4-5-6-7-8-9-17-10-15-20(22-16-17)18-11-13-19(21-2)14-12-18/h11-14,17,20H,3-10,15-16H2,1-2H3. The summed E-state index contributed by atoms with van der Waals surface area (Å²) in [4.78, 5) is 0. The number of methoxy groups -OCH3 is 1. The molecule has 2 heteroatoms. The molecule has 2 nitrogen and oxygen atoms in total. The molecule has 2 atom stereocenters. The normalized spacial score (nSPS) is 21.7. The van der Waals surface area contributed by atoms with E-state index in [-0.39, 0.29) is 6.10 Å². The quantitative estimate of drug-likeness (QED) is 0.528. The summed E-state index contributed by atoms with van der Waals surface area (Å²) in [6, 6.07) is 8.33.